The van der Waals surface area contributed by atoms with Crippen LogP contribution in [0.3, 0.4) is 0 Å². The maximum atomic E-state index is 12.7. The Kier molecular flexibility index (Phi) is 4.90. The van der Waals surface area contributed by atoms with Crippen LogP contribution in [-0.2, 0) is 10.0 Å². The molecule has 140 valence electrons. The molecule has 0 amide bonds. The second-order valence-electron chi connectivity index (χ2n) is 6.83. The predicted molar refractivity (Wildman–Crippen MR) is 98.1 cm³/mol. The number of ether oxygens (including phenoxy) is 1. The molecular weight excluding hydrogens is 354 g/mol. The predicted octanol–water partition coefficient (Wildman–Crippen LogP) is 1.93. The zero-order valence-electron chi connectivity index (χ0n) is 15.3. The molecule has 2 N–H and O–H groups in total. The molecule has 1 saturated carbocycles. The minimum atomic E-state index is -3.64. The molecule has 8 heteroatoms. The molecule has 0 saturated heterocycles. The number of hydrogen-bond donors (Lipinski definition) is 2. The summed E-state index contributed by atoms with van der Waals surface area (Å²) in [4.78, 5) is 18.7. The van der Waals surface area contributed by atoms with E-state index in [-0.39, 0.29) is 22.4 Å². The van der Waals surface area contributed by atoms with Gasteiger partial charge in [0.25, 0.3) is 5.56 Å². The summed E-state index contributed by atoms with van der Waals surface area (Å²) in [5, 5.41) is 0. The number of aromatic amines is 1. The number of nitrogens with zero attached hydrogens (tertiary/aromatic N) is 1. The Bertz CT molecular complexity index is 992. The van der Waals surface area contributed by atoms with Gasteiger partial charge in [0.05, 0.1) is 17.7 Å². The monoisotopic (exact) mass is 377 g/mol. The van der Waals surface area contributed by atoms with E-state index >= 15 is 0 Å². The van der Waals surface area contributed by atoms with Crippen LogP contribution in [0.1, 0.15) is 41.4 Å². The zero-order chi connectivity index (χ0) is 19.1. The molecule has 1 aliphatic carbocycles. The van der Waals surface area contributed by atoms with Gasteiger partial charge >= 0.3 is 0 Å². The van der Waals surface area contributed by atoms with E-state index in [9.17, 15) is 13.2 Å². The van der Waals surface area contributed by atoms with Gasteiger partial charge < -0.3 is 9.72 Å². The molecule has 0 spiro atoms. The van der Waals surface area contributed by atoms with Gasteiger partial charge in [-0.2, -0.15) is 0 Å². The van der Waals surface area contributed by atoms with Crippen molar-refractivity contribution >= 4 is 10.0 Å². The molecule has 7 nitrogen and oxygen atoms in total. The molecule has 1 fully saturated rings. The van der Waals surface area contributed by atoms with Crippen LogP contribution >= 0.6 is 0 Å². The van der Waals surface area contributed by atoms with E-state index in [1.807, 2.05) is 6.92 Å². The number of nitrogens with one attached hydrogen (secondary N) is 2. The summed E-state index contributed by atoms with van der Waals surface area (Å²) in [5.41, 5.74) is 2.11. The number of H-pyrrole nitrogens is 1. The fourth-order valence-corrected chi connectivity index (χ4v) is 4.88. The highest BCUT2D eigenvalue weighted by molar-refractivity contribution is 7.89. The van der Waals surface area contributed by atoms with Gasteiger partial charge in [-0.15, -0.1) is 0 Å². The number of benzene rings is 1. The number of methoxy groups -OCH3 is 1. The highest BCUT2D eigenvalue weighted by atomic mass is 32.2. The molecule has 1 aliphatic rings. The summed E-state index contributed by atoms with van der Waals surface area (Å²) in [6.45, 7) is 5.38. The molecule has 1 aromatic carbocycles. The Morgan fingerprint density at radius 2 is 1.85 bits per heavy atom. The number of sulfonamides is 1. The van der Waals surface area contributed by atoms with E-state index in [0.29, 0.717) is 30.0 Å². The standard InChI is InChI=1S/C18H23N3O4S/c1-10-5-11(2)17(9-16(10)25-4)26(23,24)21-14-6-13(7-14)15-8-18(22)20-12(3)19-15/h5,8-9,13-14,21H,6-7H2,1-4H3,(H,19,20,22). The second-order valence-corrected chi connectivity index (χ2v) is 8.51. The largest absolute Gasteiger partial charge is 0.496 e. The third-order valence-electron chi connectivity index (χ3n) is 4.74. The highest BCUT2D eigenvalue weighted by Gasteiger charge is 2.35. The van der Waals surface area contributed by atoms with E-state index in [4.69, 9.17) is 4.74 Å². The van der Waals surface area contributed by atoms with Gasteiger partial charge in [-0.3, -0.25) is 4.79 Å². The van der Waals surface area contributed by atoms with Crippen molar-refractivity contribution in [2.45, 2.75) is 50.5 Å². The van der Waals surface area contributed by atoms with Crippen molar-refractivity contribution in [1.29, 1.82) is 0 Å². The minimum absolute atomic E-state index is 0.0948. The molecule has 3 rings (SSSR count). The first-order valence-electron chi connectivity index (χ1n) is 8.45. The first-order chi connectivity index (χ1) is 12.2. The number of aryl methyl sites for hydroxylation is 3. The molecule has 1 heterocycles. The number of aromatic nitrogens is 2. The maximum Gasteiger partial charge on any atom is 0.251 e. The topological polar surface area (TPSA) is 101 Å². The van der Waals surface area contributed by atoms with Crippen LogP contribution in [0.15, 0.2) is 27.9 Å². The average molecular weight is 377 g/mol. The molecular formula is C18H23N3O4S. The SMILES string of the molecule is COc1cc(S(=O)(=O)NC2CC(c3cc(=O)[nH]c(C)n3)C2)c(C)cc1C. The van der Waals surface area contributed by atoms with Crippen LogP contribution in [0.5, 0.6) is 5.75 Å². The molecule has 0 radical (unpaired) electrons. The first-order valence-corrected chi connectivity index (χ1v) is 9.93. The van der Waals surface area contributed by atoms with Gasteiger partial charge in [-0.05, 0) is 44.7 Å². The Hall–Kier alpha value is -2.19. The van der Waals surface area contributed by atoms with Crippen LogP contribution in [0.2, 0.25) is 0 Å². The van der Waals surface area contributed by atoms with Crippen molar-refractivity contribution in [1.82, 2.24) is 14.7 Å². The smallest absolute Gasteiger partial charge is 0.251 e. The van der Waals surface area contributed by atoms with Gasteiger partial charge in [0.15, 0.2) is 0 Å². The zero-order valence-corrected chi connectivity index (χ0v) is 16.1. The third-order valence-corrected chi connectivity index (χ3v) is 6.40. The van der Waals surface area contributed by atoms with E-state index in [0.717, 1.165) is 11.3 Å². The van der Waals surface area contributed by atoms with Gasteiger partial charge in [0.2, 0.25) is 10.0 Å². The summed E-state index contributed by atoms with van der Waals surface area (Å²) >= 11 is 0. The molecule has 0 aliphatic heterocycles. The van der Waals surface area contributed by atoms with Crippen molar-refractivity contribution in [2.75, 3.05) is 7.11 Å². The number of hydrogen-bond acceptors (Lipinski definition) is 5. The maximum absolute atomic E-state index is 12.7. The molecule has 0 bridgehead atoms. The van der Waals surface area contributed by atoms with Crippen molar-refractivity contribution < 1.29 is 13.2 Å². The van der Waals surface area contributed by atoms with Gasteiger partial charge in [-0.1, -0.05) is 6.07 Å². The van der Waals surface area contributed by atoms with Crippen LogP contribution < -0.4 is 15.0 Å². The lowest BCUT2D eigenvalue weighted by Gasteiger charge is -2.35. The molecule has 0 unspecified atom stereocenters. The second kappa shape index (κ2) is 6.85. The minimum Gasteiger partial charge on any atom is -0.496 e. The van der Waals surface area contributed by atoms with Crippen LogP contribution in [-0.4, -0.2) is 31.5 Å². The van der Waals surface area contributed by atoms with Gasteiger partial charge in [0.1, 0.15) is 11.6 Å². The summed E-state index contributed by atoms with van der Waals surface area (Å²) in [7, 11) is -2.12. The highest BCUT2D eigenvalue weighted by Crippen LogP contribution is 2.36. The van der Waals surface area contributed by atoms with Crippen molar-refractivity contribution in [2.24, 2.45) is 0 Å². The quantitative estimate of drug-likeness (QED) is 0.829. The molecule has 26 heavy (non-hydrogen) atoms. The fraction of sp³-hybridized carbons (Fsp3) is 0.444. The van der Waals surface area contributed by atoms with Crippen molar-refractivity contribution in [3.8, 4) is 5.75 Å². The Balaban J connectivity index is 1.73. The van der Waals surface area contributed by atoms with Crippen LogP contribution in [0.4, 0.5) is 0 Å². The van der Waals surface area contributed by atoms with E-state index < -0.39 is 10.0 Å². The lowest BCUT2D eigenvalue weighted by Crippen LogP contribution is -2.43. The Labute approximate surface area is 152 Å². The summed E-state index contributed by atoms with van der Waals surface area (Å²) in [6.07, 6.45) is 1.24. The average Bonchev–Trinajstić information content (AvgIpc) is 2.49. The molecule has 1 aromatic heterocycles. The Morgan fingerprint density at radius 3 is 2.46 bits per heavy atom. The van der Waals surface area contributed by atoms with Crippen LogP contribution in [0, 0.1) is 20.8 Å². The van der Waals surface area contributed by atoms with Crippen LogP contribution in [0.25, 0.3) is 0 Å². The van der Waals surface area contributed by atoms with Crippen molar-refractivity contribution in [3.05, 3.63) is 51.2 Å². The number of rotatable bonds is 5. The molecule has 2 aromatic rings. The van der Waals surface area contributed by atoms with Crippen molar-refractivity contribution in [3.63, 3.8) is 0 Å². The summed E-state index contributed by atoms with van der Waals surface area (Å²) in [6, 6.07) is 4.68. The normalized spacial score (nSPS) is 19.8. The van der Waals surface area contributed by atoms with E-state index in [2.05, 4.69) is 14.7 Å². The first kappa shape index (κ1) is 18.6. The Morgan fingerprint density at radius 1 is 1.15 bits per heavy atom. The van der Waals surface area contributed by atoms with E-state index in [1.165, 1.54) is 13.2 Å². The lowest BCUT2D eigenvalue weighted by molar-refractivity contribution is 0.320. The fourth-order valence-electron chi connectivity index (χ4n) is 3.37. The summed E-state index contributed by atoms with van der Waals surface area (Å²) in [5.74, 6) is 1.21. The molecule has 0 atom stereocenters. The third kappa shape index (κ3) is 3.66. The summed E-state index contributed by atoms with van der Waals surface area (Å²) < 4.78 is 33.5. The van der Waals surface area contributed by atoms with Gasteiger partial charge in [0, 0.05) is 24.1 Å². The van der Waals surface area contributed by atoms with E-state index in [1.54, 1.807) is 26.0 Å². The van der Waals surface area contributed by atoms with Gasteiger partial charge in [-0.25, -0.2) is 18.1 Å². The lowest BCUT2D eigenvalue weighted by atomic mass is 9.78.